The predicted octanol–water partition coefficient (Wildman–Crippen LogP) is 4.79. The van der Waals surface area contributed by atoms with E-state index in [0.29, 0.717) is 17.2 Å². The van der Waals surface area contributed by atoms with Crippen LogP contribution in [0, 0.1) is 6.92 Å². The first-order chi connectivity index (χ1) is 14.7. The maximum atomic E-state index is 13.1. The number of carbonyl (C=O) groups excluding carboxylic acids is 1. The number of nitrogens with one attached hydrogen (secondary N) is 1. The second kappa shape index (κ2) is 7.97. The number of hydrogen-bond donors (Lipinski definition) is 1. The topological polar surface area (TPSA) is 77.0 Å². The first kappa shape index (κ1) is 18.9. The van der Waals surface area contributed by atoms with Crippen molar-refractivity contribution >= 4 is 28.8 Å². The lowest BCUT2D eigenvalue weighted by atomic mass is 9.93. The predicted molar refractivity (Wildman–Crippen MR) is 117 cm³/mol. The van der Waals surface area contributed by atoms with Gasteiger partial charge in [0.25, 0.3) is 5.91 Å². The average Bonchev–Trinajstić information content (AvgIpc) is 3.39. The van der Waals surface area contributed by atoms with Crippen LogP contribution in [-0.4, -0.2) is 20.2 Å². The molecule has 0 bridgehead atoms. The Hall–Kier alpha value is -3.10. The maximum Gasteiger partial charge on any atom is 0.262 e. The Morgan fingerprint density at radius 1 is 1.20 bits per heavy atom. The van der Waals surface area contributed by atoms with E-state index in [1.54, 1.807) is 18.6 Å². The molecule has 0 spiro atoms. The number of fused-ring (bicyclic) bond motifs is 3. The summed E-state index contributed by atoms with van der Waals surface area (Å²) in [6.07, 6.45) is 8.79. The van der Waals surface area contributed by atoms with Gasteiger partial charge < -0.3 is 10.1 Å². The number of amides is 1. The quantitative estimate of drug-likeness (QED) is 0.489. The highest BCUT2D eigenvalue weighted by molar-refractivity contribution is 7.17. The van der Waals surface area contributed by atoms with Crippen LogP contribution in [0.15, 0.2) is 49.1 Å². The van der Waals surface area contributed by atoms with E-state index < -0.39 is 0 Å². The van der Waals surface area contributed by atoms with Crippen molar-refractivity contribution in [2.75, 3.05) is 0 Å². The smallest absolute Gasteiger partial charge is 0.262 e. The number of hydrogen-bond acceptors (Lipinski definition) is 7. The monoisotopic (exact) mass is 434 g/mol. The molecule has 4 heterocycles. The summed E-state index contributed by atoms with van der Waals surface area (Å²) >= 11 is 2.85. The van der Waals surface area contributed by atoms with E-state index in [-0.39, 0.29) is 5.91 Å². The average molecular weight is 435 g/mol. The Morgan fingerprint density at radius 3 is 2.90 bits per heavy atom. The Bertz CT molecular complexity index is 1220. The molecule has 0 radical (unpaired) electrons. The molecule has 4 aromatic rings. The highest BCUT2D eigenvalue weighted by atomic mass is 32.1. The van der Waals surface area contributed by atoms with Crippen LogP contribution in [0.25, 0.3) is 10.4 Å². The maximum absolute atomic E-state index is 13.1. The van der Waals surface area contributed by atoms with Crippen LogP contribution in [0.3, 0.4) is 0 Å². The number of thiophene rings is 1. The molecule has 30 heavy (non-hydrogen) atoms. The molecule has 1 aliphatic carbocycles. The lowest BCUT2D eigenvalue weighted by molar-refractivity contribution is 0.0954. The molecule has 0 aromatic carbocycles. The number of carbonyl (C=O) groups is 1. The Kier molecular flexibility index (Phi) is 5.02. The van der Waals surface area contributed by atoms with E-state index in [1.807, 2.05) is 37.4 Å². The molecular formula is C22H18N4O2S2. The molecule has 6 nitrogen and oxygen atoms in total. The van der Waals surface area contributed by atoms with E-state index in [2.05, 4.69) is 19.7 Å². The number of ether oxygens (including phenoxy) is 1. The van der Waals surface area contributed by atoms with Crippen molar-refractivity contribution in [3.8, 4) is 21.3 Å². The third-order valence-corrected chi connectivity index (χ3v) is 7.03. The van der Waals surface area contributed by atoms with Gasteiger partial charge in [-0.3, -0.25) is 14.8 Å². The van der Waals surface area contributed by atoms with E-state index in [4.69, 9.17) is 4.74 Å². The molecule has 0 saturated carbocycles. The zero-order valence-corrected chi connectivity index (χ0v) is 17.8. The molecule has 1 aliphatic rings. The molecule has 0 aliphatic heterocycles. The Labute approximate surface area is 181 Å². The van der Waals surface area contributed by atoms with Crippen LogP contribution in [0.2, 0.25) is 0 Å². The number of aromatic nitrogens is 3. The molecule has 1 N–H and O–H groups in total. The summed E-state index contributed by atoms with van der Waals surface area (Å²) in [5.41, 5.74) is 5.07. The zero-order valence-electron chi connectivity index (χ0n) is 16.2. The number of rotatable bonds is 5. The third kappa shape index (κ3) is 3.48. The van der Waals surface area contributed by atoms with Crippen LogP contribution in [0.4, 0.5) is 0 Å². The van der Waals surface area contributed by atoms with Crippen LogP contribution < -0.4 is 10.1 Å². The summed E-state index contributed by atoms with van der Waals surface area (Å²) in [4.78, 5) is 23.2. The summed E-state index contributed by atoms with van der Waals surface area (Å²) in [7, 11) is 0. The highest BCUT2D eigenvalue weighted by Gasteiger charge is 2.30. The molecule has 5 rings (SSSR count). The summed E-state index contributed by atoms with van der Waals surface area (Å²) in [5, 5.41) is 3.76. The summed E-state index contributed by atoms with van der Waals surface area (Å²) in [5.74, 6) is 0.612. The number of nitrogens with zero attached hydrogens (tertiary/aromatic N) is 3. The van der Waals surface area contributed by atoms with Gasteiger partial charge in [-0.05, 0) is 72.3 Å². The first-order valence-corrected chi connectivity index (χ1v) is 11.2. The van der Waals surface area contributed by atoms with Crippen molar-refractivity contribution in [2.45, 2.75) is 26.3 Å². The second-order valence-electron chi connectivity index (χ2n) is 6.98. The van der Waals surface area contributed by atoms with Gasteiger partial charge in [0.15, 0.2) is 5.06 Å². The molecule has 150 valence electrons. The second-order valence-corrected chi connectivity index (χ2v) is 8.76. The van der Waals surface area contributed by atoms with Crippen molar-refractivity contribution in [3.63, 3.8) is 0 Å². The van der Waals surface area contributed by atoms with Crippen molar-refractivity contribution in [1.29, 1.82) is 0 Å². The van der Waals surface area contributed by atoms with Gasteiger partial charge in [0.1, 0.15) is 5.75 Å². The Balaban J connectivity index is 1.51. The fourth-order valence-corrected chi connectivity index (χ4v) is 5.58. The molecular weight excluding hydrogens is 416 g/mol. The lowest BCUT2D eigenvalue weighted by Crippen LogP contribution is -2.23. The third-order valence-electron chi connectivity index (χ3n) is 5.06. The van der Waals surface area contributed by atoms with Gasteiger partial charge >= 0.3 is 0 Å². The van der Waals surface area contributed by atoms with E-state index in [1.165, 1.54) is 28.4 Å². The minimum atomic E-state index is -0.0845. The molecule has 0 atom stereocenters. The van der Waals surface area contributed by atoms with Gasteiger partial charge in [-0.25, -0.2) is 4.37 Å². The minimum absolute atomic E-state index is 0.0845. The van der Waals surface area contributed by atoms with Gasteiger partial charge in [-0.2, -0.15) is 0 Å². The van der Waals surface area contributed by atoms with E-state index in [0.717, 1.165) is 45.2 Å². The zero-order chi connectivity index (χ0) is 20.5. The number of aryl methyl sites for hydroxylation is 2. The molecule has 8 heteroatoms. The van der Waals surface area contributed by atoms with Gasteiger partial charge in [-0.15, -0.1) is 0 Å². The first-order valence-electron chi connectivity index (χ1n) is 9.57. The molecule has 0 saturated heterocycles. The Morgan fingerprint density at radius 2 is 2.07 bits per heavy atom. The highest BCUT2D eigenvalue weighted by Crippen LogP contribution is 2.50. The normalized spacial score (nSPS) is 12.2. The van der Waals surface area contributed by atoms with Gasteiger partial charge in [-0.1, -0.05) is 11.3 Å². The van der Waals surface area contributed by atoms with E-state index >= 15 is 0 Å². The van der Waals surface area contributed by atoms with Gasteiger partial charge in [0.2, 0.25) is 0 Å². The molecule has 1 amide bonds. The largest absolute Gasteiger partial charge is 0.444 e. The van der Waals surface area contributed by atoms with Gasteiger partial charge in [0, 0.05) is 31.3 Å². The van der Waals surface area contributed by atoms with Crippen LogP contribution in [-0.2, 0) is 19.4 Å². The van der Waals surface area contributed by atoms with Crippen LogP contribution in [0.5, 0.6) is 10.8 Å². The summed E-state index contributed by atoms with van der Waals surface area (Å²) < 4.78 is 10.6. The lowest BCUT2D eigenvalue weighted by Gasteiger charge is -2.14. The van der Waals surface area contributed by atoms with Crippen molar-refractivity contribution in [3.05, 3.63) is 76.3 Å². The molecule has 0 unspecified atom stereocenters. The SMILES string of the molecule is Cc1ncccc1Oc1sc(C(=O)NCc2ccncc2)c2c1-c1sncc1CC2. The van der Waals surface area contributed by atoms with Crippen molar-refractivity contribution in [2.24, 2.45) is 0 Å². The number of pyridine rings is 2. The molecule has 0 fully saturated rings. The minimum Gasteiger partial charge on any atom is -0.444 e. The summed E-state index contributed by atoms with van der Waals surface area (Å²) in [6.45, 7) is 2.37. The van der Waals surface area contributed by atoms with Gasteiger partial charge in [0.05, 0.1) is 21.0 Å². The summed E-state index contributed by atoms with van der Waals surface area (Å²) in [6, 6.07) is 7.54. The fraction of sp³-hybridized carbons (Fsp3) is 0.182. The van der Waals surface area contributed by atoms with Crippen LogP contribution >= 0.6 is 22.9 Å². The van der Waals surface area contributed by atoms with E-state index in [9.17, 15) is 4.79 Å². The standard InChI is InChI=1S/C22H18N4O2S2/c1-13-17(3-2-8-24-13)28-22-18-16(5-4-15-12-26-30-19(15)18)20(29-22)21(27)25-11-14-6-9-23-10-7-14/h2-3,6-10,12H,4-5,11H2,1H3,(H,25,27). The van der Waals surface area contributed by atoms with Crippen molar-refractivity contribution < 1.29 is 9.53 Å². The van der Waals surface area contributed by atoms with Crippen LogP contribution in [0.1, 0.15) is 32.1 Å². The molecule has 4 aromatic heterocycles. The fourth-order valence-electron chi connectivity index (χ4n) is 3.51. The van der Waals surface area contributed by atoms with Crippen molar-refractivity contribution in [1.82, 2.24) is 19.7 Å².